The van der Waals surface area contributed by atoms with Crippen molar-refractivity contribution in [3.05, 3.63) is 28.2 Å². The number of thioether (sulfide) groups is 2. The van der Waals surface area contributed by atoms with Gasteiger partial charge in [0.25, 0.3) is 0 Å². The molecular formula is C14H16Cl2N2O2S2. The summed E-state index contributed by atoms with van der Waals surface area (Å²) in [5, 5.41) is 3.46. The highest BCUT2D eigenvalue weighted by atomic mass is 35.5. The van der Waals surface area contributed by atoms with Crippen LogP contribution in [0.1, 0.15) is 0 Å². The van der Waals surface area contributed by atoms with Crippen molar-refractivity contribution < 1.29 is 9.59 Å². The van der Waals surface area contributed by atoms with Gasteiger partial charge in [0.15, 0.2) is 0 Å². The maximum Gasteiger partial charge on any atom is 0.243 e. The molecule has 2 amide bonds. The van der Waals surface area contributed by atoms with E-state index in [2.05, 4.69) is 5.32 Å². The topological polar surface area (TPSA) is 49.4 Å². The first-order valence-corrected chi connectivity index (χ1v) is 9.62. The first-order valence-electron chi connectivity index (χ1n) is 6.66. The average molecular weight is 379 g/mol. The van der Waals surface area contributed by atoms with Gasteiger partial charge in [-0.2, -0.15) is 11.8 Å². The molecule has 4 nitrogen and oxygen atoms in total. The Morgan fingerprint density at radius 2 is 2.09 bits per heavy atom. The zero-order valence-electron chi connectivity index (χ0n) is 12.0. The standard InChI is InChI=1S/C14H16Cl2N2O2S2/c1-18(14(20)12-8-21-4-5-22-12)7-13(19)17-9-2-3-10(15)11(16)6-9/h2-3,6,12H,4-5,7-8H2,1H3,(H,17,19). The van der Waals surface area contributed by atoms with Crippen LogP contribution in [0, 0.1) is 0 Å². The highest BCUT2D eigenvalue weighted by Crippen LogP contribution is 2.26. The lowest BCUT2D eigenvalue weighted by Crippen LogP contribution is -2.41. The Morgan fingerprint density at radius 3 is 2.73 bits per heavy atom. The average Bonchev–Trinajstić information content (AvgIpc) is 2.51. The third-order valence-electron chi connectivity index (χ3n) is 3.05. The molecule has 0 aromatic heterocycles. The number of benzene rings is 1. The molecule has 1 aliphatic heterocycles. The summed E-state index contributed by atoms with van der Waals surface area (Å²) >= 11 is 15.2. The predicted octanol–water partition coefficient (Wildman–Crippen LogP) is 3.24. The molecule has 8 heteroatoms. The first kappa shape index (κ1) is 17.8. The molecule has 120 valence electrons. The fourth-order valence-electron chi connectivity index (χ4n) is 1.94. The zero-order chi connectivity index (χ0) is 16.1. The van der Waals surface area contributed by atoms with Gasteiger partial charge in [0, 0.05) is 30.0 Å². The molecule has 2 rings (SSSR count). The third-order valence-corrected chi connectivity index (χ3v) is 6.53. The van der Waals surface area contributed by atoms with Crippen molar-refractivity contribution in [2.75, 3.05) is 36.2 Å². The lowest BCUT2D eigenvalue weighted by Gasteiger charge is -2.25. The van der Waals surface area contributed by atoms with E-state index in [9.17, 15) is 9.59 Å². The Hall–Kier alpha value is -0.560. The lowest BCUT2D eigenvalue weighted by molar-refractivity contribution is -0.132. The number of halogens is 2. The molecule has 1 N–H and O–H groups in total. The fraction of sp³-hybridized carbons (Fsp3) is 0.429. The van der Waals surface area contributed by atoms with Crippen LogP contribution in [0.15, 0.2) is 18.2 Å². The summed E-state index contributed by atoms with van der Waals surface area (Å²) in [6.45, 7) is 0.0147. The van der Waals surface area contributed by atoms with E-state index < -0.39 is 0 Å². The minimum absolute atomic E-state index is 0.00138. The molecule has 0 saturated carbocycles. The number of carbonyl (C=O) groups is 2. The maximum absolute atomic E-state index is 12.3. The van der Waals surface area contributed by atoms with E-state index in [1.807, 2.05) is 0 Å². The van der Waals surface area contributed by atoms with Crippen molar-refractivity contribution in [1.82, 2.24) is 4.90 Å². The molecule has 0 spiro atoms. The number of rotatable bonds is 4. The summed E-state index contributed by atoms with van der Waals surface area (Å²) in [5.74, 6) is 2.60. The van der Waals surface area contributed by atoms with E-state index in [4.69, 9.17) is 23.2 Å². The Labute approximate surface area is 148 Å². The number of hydrogen-bond donors (Lipinski definition) is 1. The molecule has 1 atom stereocenters. The predicted molar refractivity (Wildman–Crippen MR) is 96.3 cm³/mol. The second-order valence-corrected chi connectivity index (χ2v) is 8.08. The Morgan fingerprint density at radius 1 is 1.32 bits per heavy atom. The van der Waals surface area contributed by atoms with Gasteiger partial charge >= 0.3 is 0 Å². The Balaban J connectivity index is 1.87. The second-order valence-electron chi connectivity index (χ2n) is 4.81. The van der Waals surface area contributed by atoms with Crippen LogP contribution in [-0.2, 0) is 9.59 Å². The van der Waals surface area contributed by atoms with Gasteiger partial charge < -0.3 is 10.2 Å². The summed E-state index contributed by atoms with van der Waals surface area (Å²) in [6, 6.07) is 4.86. The van der Waals surface area contributed by atoms with Gasteiger partial charge in [0.2, 0.25) is 11.8 Å². The van der Waals surface area contributed by atoms with Crippen molar-refractivity contribution in [2.45, 2.75) is 5.25 Å². The molecule has 1 unspecified atom stereocenters. The SMILES string of the molecule is CN(CC(=O)Nc1ccc(Cl)c(Cl)c1)C(=O)C1CSCCS1. The smallest absolute Gasteiger partial charge is 0.243 e. The maximum atomic E-state index is 12.3. The van der Waals surface area contributed by atoms with E-state index in [1.165, 1.54) is 4.90 Å². The van der Waals surface area contributed by atoms with E-state index in [-0.39, 0.29) is 23.6 Å². The highest BCUT2D eigenvalue weighted by Gasteiger charge is 2.26. The lowest BCUT2D eigenvalue weighted by atomic mass is 10.3. The number of likely N-dealkylation sites (N-methyl/N-ethyl adjacent to an activating group) is 1. The molecule has 1 aliphatic rings. The molecule has 22 heavy (non-hydrogen) atoms. The second kappa shape index (κ2) is 8.34. The Kier molecular flexibility index (Phi) is 6.74. The van der Waals surface area contributed by atoms with E-state index in [0.29, 0.717) is 15.7 Å². The molecule has 1 saturated heterocycles. The number of hydrogen-bond acceptors (Lipinski definition) is 4. The van der Waals surface area contributed by atoms with Gasteiger partial charge in [-0.3, -0.25) is 9.59 Å². The molecule has 0 radical (unpaired) electrons. The van der Waals surface area contributed by atoms with Gasteiger partial charge in [-0.15, -0.1) is 11.8 Å². The van der Waals surface area contributed by atoms with Crippen LogP contribution in [-0.4, -0.2) is 52.8 Å². The minimum Gasteiger partial charge on any atom is -0.335 e. The van der Waals surface area contributed by atoms with Crippen LogP contribution in [0.5, 0.6) is 0 Å². The molecule has 1 fully saturated rings. The fourth-order valence-corrected chi connectivity index (χ4v) is 4.90. The normalized spacial score (nSPS) is 17.9. The number of carbonyl (C=O) groups excluding carboxylic acids is 2. The van der Waals surface area contributed by atoms with Gasteiger partial charge in [-0.05, 0) is 18.2 Å². The first-order chi connectivity index (χ1) is 10.5. The number of nitrogens with zero attached hydrogens (tertiary/aromatic N) is 1. The zero-order valence-corrected chi connectivity index (χ0v) is 15.1. The van der Waals surface area contributed by atoms with Crippen molar-refractivity contribution in [1.29, 1.82) is 0 Å². The molecule has 1 aromatic carbocycles. The third kappa shape index (κ3) is 4.98. The highest BCUT2D eigenvalue weighted by molar-refractivity contribution is 8.07. The summed E-state index contributed by atoms with van der Waals surface area (Å²) in [7, 11) is 1.65. The summed E-state index contributed by atoms with van der Waals surface area (Å²) < 4.78 is 0. The molecule has 1 aromatic rings. The molecule has 0 aliphatic carbocycles. The van der Waals surface area contributed by atoms with Gasteiger partial charge in [0.1, 0.15) is 0 Å². The van der Waals surface area contributed by atoms with Crippen LogP contribution in [0.4, 0.5) is 5.69 Å². The summed E-state index contributed by atoms with van der Waals surface area (Å²) in [5.41, 5.74) is 0.558. The van der Waals surface area contributed by atoms with Crippen LogP contribution >= 0.6 is 46.7 Å². The van der Waals surface area contributed by atoms with Gasteiger partial charge in [-0.1, -0.05) is 23.2 Å². The van der Waals surface area contributed by atoms with Crippen molar-refractivity contribution in [3.63, 3.8) is 0 Å². The van der Waals surface area contributed by atoms with Gasteiger partial charge in [0.05, 0.1) is 21.8 Å². The van der Waals surface area contributed by atoms with E-state index in [0.717, 1.165) is 17.3 Å². The van der Waals surface area contributed by atoms with E-state index >= 15 is 0 Å². The molecule has 0 bridgehead atoms. The van der Waals surface area contributed by atoms with Crippen molar-refractivity contribution in [3.8, 4) is 0 Å². The van der Waals surface area contributed by atoms with E-state index in [1.54, 1.807) is 48.8 Å². The van der Waals surface area contributed by atoms with Gasteiger partial charge in [-0.25, -0.2) is 0 Å². The summed E-state index contributed by atoms with van der Waals surface area (Å²) in [4.78, 5) is 25.7. The Bertz CT molecular complexity index is 566. The molecule has 1 heterocycles. The summed E-state index contributed by atoms with van der Waals surface area (Å²) in [6.07, 6.45) is 0. The largest absolute Gasteiger partial charge is 0.335 e. The number of nitrogens with one attached hydrogen (secondary N) is 1. The van der Waals surface area contributed by atoms with Crippen LogP contribution in [0.25, 0.3) is 0 Å². The number of anilines is 1. The molecular weight excluding hydrogens is 363 g/mol. The minimum atomic E-state index is -0.261. The van der Waals surface area contributed by atoms with Crippen LogP contribution in [0.2, 0.25) is 10.0 Å². The quantitative estimate of drug-likeness (QED) is 0.873. The van der Waals surface area contributed by atoms with Crippen LogP contribution in [0.3, 0.4) is 0 Å². The number of amides is 2. The monoisotopic (exact) mass is 378 g/mol. The van der Waals surface area contributed by atoms with Crippen molar-refractivity contribution in [2.24, 2.45) is 0 Å². The van der Waals surface area contributed by atoms with Crippen LogP contribution < -0.4 is 5.32 Å². The van der Waals surface area contributed by atoms with Crippen molar-refractivity contribution >= 4 is 64.2 Å².